The minimum absolute atomic E-state index is 0.277. The van der Waals surface area contributed by atoms with Crippen LogP contribution in [0, 0.1) is 11.8 Å². The highest BCUT2D eigenvalue weighted by Crippen LogP contribution is 2.31. The molecular weight excluding hydrogens is 176 g/mol. The lowest BCUT2D eigenvalue weighted by Gasteiger charge is -2.29. The summed E-state index contributed by atoms with van der Waals surface area (Å²) < 4.78 is 0. The molecule has 14 heavy (non-hydrogen) atoms. The Hall–Kier alpha value is -0.570. The van der Waals surface area contributed by atoms with Crippen molar-refractivity contribution in [3.63, 3.8) is 0 Å². The zero-order valence-electron chi connectivity index (χ0n) is 9.33. The molecule has 0 atom stereocenters. The van der Waals surface area contributed by atoms with Gasteiger partial charge in [-0.15, -0.1) is 0 Å². The quantitative estimate of drug-likeness (QED) is 0.741. The molecule has 0 aromatic heterocycles. The number of nitrogens with zero attached hydrogens (tertiary/aromatic N) is 1. The van der Waals surface area contributed by atoms with E-state index in [1.165, 1.54) is 12.8 Å². The van der Waals surface area contributed by atoms with E-state index >= 15 is 0 Å². The molecule has 2 N–H and O–H groups in total. The summed E-state index contributed by atoms with van der Waals surface area (Å²) in [5.74, 6) is 1.35. The molecule has 0 unspecified atom stereocenters. The number of amides is 1. The van der Waals surface area contributed by atoms with E-state index in [0.29, 0.717) is 5.91 Å². The fourth-order valence-electron chi connectivity index (χ4n) is 2.30. The first-order valence-corrected chi connectivity index (χ1v) is 5.56. The molecular formula is C11H22N2O. The average molecular weight is 198 g/mol. The lowest BCUT2D eigenvalue weighted by atomic mass is 9.80. The summed E-state index contributed by atoms with van der Waals surface area (Å²) in [4.78, 5) is 13.4. The van der Waals surface area contributed by atoms with Gasteiger partial charge in [0.2, 0.25) is 5.91 Å². The van der Waals surface area contributed by atoms with Crippen molar-refractivity contribution in [2.45, 2.75) is 32.1 Å². The molecule has 0 radical (unpaired) electrons. The summed E-state index contributed by atoms with van der Waals surface area (Å²) in [6.45, 7) is 0.789. The van der Waals surface area contributed by atoms with E-state index in [4.69, 9.17) is 5.73 Å². The fraction of sp³-hybridized carbons (Fsp3) is 0.909. The smallest absolute Gasteiger partial charge is 0.225 e. The third kappa shape index (κ3) is 2.98. The molecule has 0 heterocycles. The van der Waals surface area contributed by atoms with Crippen LogP contribution in [-0.2, 0) is 4.79 Å². The van der Waals surface area contributed by atoms with Crippen LogP contribution in [0.5, 0.6) is 0 Å². The van der Waals surface area contributed by atoms with Crippen molar-refractivity contribution in [1.82, 2.24) is 4.90 Å². The van der Waals surface area contributed by atoms with Gasteiger partial charge in [-0.1, -0.05) is 0 Å². The van der Waals surface area contributed by atoms with E-state index in [1.54, 1.807) is 4.90 Å². The molecule has 0 saturated heterocycles. The van der Waals surface area contributed by atoms with Gasteiger partial charge >= 0.3 is 0 Å². The predicted octanol–water partition coefficient (Wildman–Crippen LogP) is 1.23. The molecule has 1 fully saturated rings. The van der Waals surface area contributed by atoms with Crippen LogP contribution in [0.25, 0.3) is 0 Å². The molecule has 0 aromatic carbocycles. The van der Waals surface area contributed by atoms with E-state index < -0.39 is 0 Å². The molecule has 3 nitrogen and oxygen atoms in total. The minimum Gasteiger partial charge on any atom is -0.349 e. The van der Waals surface area contributed by atoms with Crippen molar-refractivity contribution in [3.8, 4) is 0 Å². The van der Waals surface area contributed by atoms with Gasteiger partial charge in [-0.3, -0.25) is 4.79 Å². The van der Waals surface area contributed by atoms with Crippen molar-refractivity contribution in [1.29, 1.82) is 0 Å². The van der Waals surface area contributed by atoms with Gasteiger partial charge in [-0.05, 0) is 44.6 Å². The Balaban J connectivity index is 2.32. The lowest BCUT2D eigenvalue weighted by molar-refractivity contribution is -0.134. The van der Waals surface area contributed by atoms with Crippen LogP contribution in [0.1, 0.15) is 32.1 Å². The number of hydrogen-bond acceptors (Lipinski definition) is 2. The highest BCUT2D eigenvalue weighted by atomic mass is 16.2. The number of nitrogens with two attached hydrogens (primary N) is 1. The molecule has 1 aliphatic carbocycles. The molecule has 0 spiro atoms. The van der Waals surface area contributed by atoms with Crippen LogP contribution < -0.4 is 5.73 Å². The van der Waals surface area contributed by atoms with E-state index in [2.05, 4.69) is 0 Å². The fourth-order valence-corrected chi connectivity index (χ4v) is 2.30. The largest absolute Gasteiger partial charge is 0.349 e. The normalized spacial score (nSPS) is 27.4. The molecule has 1 amide bonds. The second-order valence-electron chi connectivity index (χ2n) is 4.53. The van der Waals surface area contributed by atoms with Gasteiger partial charge in [0.25, 0.3) is 0 Å². The molecule has 0 aliphatic heterocycles. The van der Waals surface area contributed by atoms with Gasteiger partial charge < -0.3 is 10.6 Å². The van der Waals surface area contributed by atoms with E-state index in [9.17, 15) is 4.79 Å². The SMILES string of the molecule is CN(C)C(=O)C1CCC(CCN)CC1. The summed E-state index contributed by atoms with van der Waals surface area (Å²) in [6.07, 6.45) is 5.61. The van der Waals surface area contributed by atoms with E-state index in [1.807, 2.05) is 14.1 Å². The Labute approximate surface area is 86.6 Å². The van der Waals surface area contributed by atoms with E-state index in [-0.39, 0.29) is 5.92 Å². The first-order valence-electron chi connectivity index (χ1n) is 5.56. The lowest BCUT2D eigenvalue weighted by Crippen LogP contribution is -2.32. The number of carbonyl (C=O) groups is 1. The second-order valence-corrected chi connectivity index (χ2v) is 4.53. The summed E-state index contributed by atoms with van der Waals surface area (Å²) in [7, 11) is 3.68. The van der Waals surface area contributed by atoms with Crippen LogP contribution in [0.4, 0.5) is 0 Å². The van der Waals surface area contributed by atoms with Gasteiger partial charge in [-0.25, -0.2) is 0 Å². The predicted molar refractivity (Wildman–Crippen MR) is 57.8 cm³/mol. The van der Waals surface area contributed by atoms with Crippen molar-refractivity contribution >= 4 is 5.91 Å². The topological polar surface area (TPSA) is 46.3 Å². The second kappa shape index (κ2) is 5.35. The van der Waals surface area contributed by atoms with Gasteiger partial charge in [-0.2, -0.15) is 0 Å². The summed E-state index contributed by atoms with van der Waals surface area (Å²) in [5.41, 5.74) is 5.53. The van der Waals surface area contributed by atoms with Crippen molar-refractivity contribution in [3.05, 3.63) is 0 Å². The zero-order chi connectivity index (χ0) is 10.6. The van der Waals surface area contributed by atoms with Crippen LogP contribution in [0.3, 0.4) is 0 Å². The Morgan fingerprint density at radius 2 is 1.86 bits per heavy atom. The van der Waals surface area contributed by atoms with Crippen LogP contribution in [0.2, 0.25) is 0 Å². The monoisotopic (exact) mass is 198 g/mol. The summed E-state index contributed by atoms with van der Waals surface area (Å²) >= 11 is 0. The standard InChI is InChI=1S/C11H22N2O/c1-13(2)11(14)10-5-3-9(4-6-10)7-8-12/h9-10H,3-8,12H2,1-2H3. The van der Waals surface area contributed by atoms with Gasteiger partial charge in [0, 0.05) is 20.0 Å². The van der Waals surface area contributed by atoms with Gasteiger partial charge in [0.1, 0.15) is 0 Å². The molecule has 3 heteroatoms. The van der Waals surface area contributed by atoms with E-state index in [0.717, 1.165) is 31.7 Å². The Morgan fingerprint density at radius 3 is 2.29 bits per heavy atom. The van der Waals surface area contributed by atoms with Crippen molar-refractivity contribution in [2.24, 2.45) is 17.6 Å². The average Bonchev–Trinajstić information content (AvgIpc) is 2.18. The van der Waals surface area contributed by atoms with Crippen molar-refractivity contribution < 1.29 is 4.79 Å². The van der Waals surface area contributed by atoms with Gasteiger partial charge in [0.15, 0.2) is 0 Å². The number of rotatable bonds is 3. The maximum absolute atomic E-state index is 11.7. The highest BCUT2D eigenvalue weighted by molar-refractivity contribution is 5.78. The minimum atomic E-state index is 0.277. The molecule has 1 aliphatic rings. The Bertz CT molecular complexity index is 184. The third-order valence-electron chi connectivity index (χ3n) is 3.21. The van der Waals surface area contributed by atoms with Crippen molar-refractivity contribution in [2.75, 3.05) is 20.6 Å². The molecule has 82 valence electrons. The number of carbonyl (C=O) groups excluding carboxylic acids is 1. The van der Waals surface area contributed by atoms with Crippen LogP contribution >= 0.6 is 0 Å². The first kappa shape index (κ1) is 11.5. The highest BCUT2D eigenvalue weighted by Gasteiger charge is 2.26. The molecule has 0 bridgehead atoms. The Kier molecular flexibility index (Phi) is 4.39. The maximum Gasteiger partial charge on any atom is 0.225 e. The molecule has 1 rings (SSSR count). The van der Waals surface area contributed by atoms with Crippen LogP contribution in [-0.4, -0.2) is 31.4 Å². The van der Waals surface area contributed by atoms with Crippen LogP contribution in [0.15, 0.2) is 0 Å². The molecule has 0 aromatic rings. The maximum atomic E-state index is 11.7. The number of hydrogen-bond donors (Lipinski definition) is 1. The summed E-state index contributed by atoms with van der Waals surface area (Å²) in [5, 5.41) is 0. The Morgan fingerprint density at radius 1 is 1.29 bits per heavy atom. The molecule has 1 saturated carbocycles. The first-order chi connectivity index (χ1) is 6.65. The zero-order valence-corrected chi connectivity index (χ0v) is 9.33. The third-order valence-corrected chi connectivity index (χ3v) is 3.21. The van der Waals surface area contributed by atoms with Gasteiger partial charge in [0.05, 0.1) is 0 Å². The summed E-state index contributed by atoms with van der Waals surface area (Å²) in [6, 6.07) is 0.